The topological polar surface area (TPSA) is 96.7 Å². The first-order valence-corrected chi connectivity index (χ1v) is 11.9. The van der Waals surface area contributed by atoms with Crippen LogP contribution in [-0.2, 0) is 24.2 Å². The molecule has 0 saturated heterocycles. The molecule has 4 rings (SSSR count). The molecule has 7 nitrogen and oxygen atoms in total. The molecule has 1 aliphatic carbocycles. The largest absolute Gasteiger partial charge is 0.469 e. The summed E-state index contributed by atoms with van der Waals surface area (Å²) in [5, 5.41) is 22.4. The Morgan fingerprint density at radius 3 is 3.10 bits per heavy atom. The number of furan rings is 1. The van der Waals surface area contributed by atoms with Crippen molar-refractivity contribution in [2.24, 2.45) is 5.92 Å². The van der Waals surface area contributed by atoms with Gasteiger partial charge in [-0.05, 0) is 43.7 Å². The zero-order valence-electron chi connectivity index (χ0n) is 17.5. The lowest BCUT2D eigenvalue weighted by atomic mass is 9.89. The van der Waals surface area contributed by atoms with Crippen LogP contribution in [0, 0.1) is 24.2 Å². The molecule has 31 heavy (non-hydrogen) atoms. The number of aryl methyl sites for hydroxylation is 1. The average molecular weight is 454 g/mol. The van der Waals surface area contributed by atoms with Crippen molar-refractivity contribution < 1.29 is 9.21 Å². The van der Waals surface area contributed by atoms with Crippen LogP contribution < -0.4 is 5.32 Å². The SMILES string of the molecule is C=CCn1c(SCC(=O)Nc2sc3c(c2C#N)CCC(C)C3)nnc1-c1ccoc1C. The second kappa shape index (κ2) is 9.12. The van der Waals surface area contributed by atoms with Gasteiger partial charge in [0.2, 0.25) is 5.91 Å². The van der Waals surface area contributed by atoms with E-state index in [1.54, 1.807) is 12.3 Å². The third-order valence-electron chi connectivity index (χ3n) is 5.34. The second-order valence-electron chi connectivity index (χ2n) is 7.60. The summed E-state index contributed by atoms with van der Waals surface area (Å²) in [6, 6.07) is 4.14. The zero-order valence-corrected chi connectivity index (χ0v) is 19.1. The Hall–Kier alpha value is -2.83. The summed E-state index contributed by atoms with van der Waals surface area (Å²) in [4.78, 5) is 13.9. The van der Waals surface area contributed by atoms with Crippen LogP contribution in [0.15, 0.2) is 34.6 Å². The number of hydrogen-bond acceptors (Lipinski definition) is 7. The molecule has 160 valence electrons. The van der Waals surface area contributed by atoms with E-state index in [1.165, 1.54) is 28.0 Å². The number of fused-ring (bicyclic) bond motifs is 1. The number of nitrogens with one attached hydrogen (secondary N) is 1. The minimum absolute atomic E-state index is 0.164. The van der Waals surface area contributed by atoms with Crippen molar-refractivity contribution in [3.63, 3.8) is 0 Å². The van der Waals surface area contributed by atoms with Crippen LogP contribution in [0.25, 0.3) is 11.4 Å². The number of thioether (sulfide) groups is 1. The maximum Gasteiger partial charge on any atom is 0.235 e. The molecule has 0 spiro atoms. The highest BCUT2D eigenvalue weighted by Crippen LogP contribution is 2.39. The summed E-state index contributed by atoms with van der Waals surface area (Å²) in [7, 11) is 0. The minimum atomic E-state index is -0.164. The molecule has 1 N–H and O–H groups in total. The molecule has 1 atom stereocenters. The predicted molar refractivity (Wildman–Crippen MR) is 122 cm³/mol. The number of thiophene rings is 1. The van der Waals surface area contributed by atoms with Crippen molar-refractivity contribution in [1.29, 1.82) is 5.26 Å². The smallest absolute Gasteiger partial charge is 0.235 e. The van der Waals surface area contributed by atoms with E-state index in [2.05, 4.69) is 35.1 Å². The number of nitriles is 1. The van der Waals surface area contributed by atoms with Crippen LogP contribution in [0.1, 0.15) is 35.1 Å². The van der Waals surface area contributed by atoms with Crippen molar-refractivity contribution >= 4 is 34.0 Å². The fourth-order valence-electron chi connectivity index (χ4n) is 3.76. The third kappa shape index (κ3) is 4.31. The summed E-state index contributed by atoms with van der Waals surface area (Å²) in [6.07, 6.45) is 6.34. The molecule has 9 heteroatoms. The van der Waals surface area contributed by atoms with Crippen molar-refractivity contribution in [2.45, 2.75) is 44.8 Å². The number of aromatic nitrogens is 3. The third-order valence-corrected chi connectivity index (χ3v) is 7.47. The summed E-state index contributed by atoms with van der Waals surface area (Å²) < 4.78 is 7.30. The number of nitrogens with zero attached hydrogens (tertiary/aromatic N) is 4. The van der Waals surface area contributed by atoms with E-state index < -0.39 is 0 Å². The Morgan fingerprint density at radius 1 is 1.55 bits per heavy atom. The maximum absolute atomic E-state index is 12.7. The molecule has 0 saturated carbocycles. The van der Waals surface area contributed by atoms with Crippen LogP contribution in [0.2, 0.25) is 0 Å². The number of hydrogen-bond donors (Lipinski definition) is 1. The highest BCUT2D eigenvalue weighted by Gasteiger charge is 2.25. The monoisotopic (exact) mass is 453 g/mol. The lowest BCUT2D eigenvalue weighted by Crippen LogP contribution is -2.15. The van der Waals surface area contributed by atoms with Gasteiger partial charge in [-0.25, -0.2) is 0 Å². The predicted octanol–water partition coefficient (Wildman–Crippen LogP) is 4.82. The zero-order chi connectivity index (χ0) is 22.0. The van der Waals surface area contributed by atoms with Gasteiger partial charge in [0.15, 0.2) is 11.0 Å². The minimum Gasteiger partial charge on any atom is -0.469 e. The Balaban J connectivity index is 1.48. The first-order valence-electron chi connectivity index (χ1n) is 10.1. The van der Waals surface area contributed by atoms with E-state index in [4.69, 9.17) is 4.42 Å². The Morgan fingerprint density at radius 2 is 2.39 bits per heavy atom. The summed E-state index contributed by atoms with van der Waals surface area (Å²) in [5.41, 5.74) is 2.60. The molecular formula is C22H23N5O2S2. The quantitative estimate of drug-likeness (QED) is 0.407. The van der Waals surface area contributed by atoms with E-state index >= 15 is 0 Å². The molecule has 1 aliphatic rings. The first-order chi connectivity index (χ1) is 15.0. The molecule has 0 aliphatic heterocycles. The van der Waals surface area contributed by atoms with E-state index in [0.717, 1.165) is 36.1 Å². The summed E-state index contributed by atoms with van der Waals surface area (Å²) in [6.45, 7) is 8.43. The van der Waals surface area contributed by atoms with Gasteiger partial charge in [-0.2, -0.15) is 5.26 Å². The van der Waals surface area contributed by atoms with Gasteiger partial charge in [0.05, 0.1) is 23.1 Å². The Kier molecular flexibility index (Phi) is 6.30. The fraction of sp³-hybridized carbons (Fsp3) is 0.364. The Labute approximate surface area is 189 Å². The van der Waals surface area contributed by atoms with Crippen LogP contribution in [0.5, 0.6) is 0 Å². The van der Waals surface area contributed by atoms with Crippen LogP contribution in [0.4, 0.5) is 5.00 Å². The molecule has 1 amide bonds. The van der Waals surface area contributed by atoms with Crippen LogP contribution in [-0.4, -0.2) is 26.4 Å². The van der Waals surface area contributed by atoms with Crippen molar-refractivity contribution in [3.05, 3.63) is 46.7 Å². The summed E-state index contributed by atoms with van der Waals surface area (Å²) in [5.74, 6) is 2.06. The molecule has 3 aromatic heterocycles. The van der Waals surface area contributed by atoms with Gasteiger partial charge in [0.1, 0.15) is 16.8 Å². The number of allylic oxidation sites excluding steroid dienone is 1. The first kappa shape index (κ1) is 21.4. The lowest BCUT2D eigenvalue weighted by molar-refractivity contribution is -0.113. The van der Waals surface area contributed by atoms with E-state index in [9.17, 15) is 10.1 Å². The van der Waals surface area contributed by atoms with Gasteiger partial charge < -0.3 is 9.73 Å². The maximum atomic E-state index is 12.7. The highest BCUT2D eigenvalue weighted by atomic mass is 32.2. The van der Waals surface area contributed by atoms with E-state index in [1.807, 2.05) is 17.6 Å². The number of rotatable bonds is 7. The van der Waals surface area contributed by atoms with Gasteiger partial charge in [0, 0.05) is 11.4 Å². The fourth-order valence-corrected chi connectivity index (χ4v) is 5.88. The number of amides is 1. The molecule has 3 aromatic rings. The van der Waals surface area contributed by atoms with Crippen LogP contribution in [0.3, 0.4) is 0 Å². The number of anilines is 1. The molecule has 0 aromatic carbocycles. The highest BCUT2D eigenvalue weighted by molar-refractivity contribution is 7.99. The van der Waals surface area contributed by atoms with Gasteiger partial charge in [-0.15, -0.1) is 28.1 Å². The molecule has 1 unspecified atom stereocenters. The second-order valence-corrected chi connectivity index (χ2v) is 9.65. The van der Waals surface area contributed by atoms with E-state index in [-0.39, 0.29) is 11.7 Å². The molecule has 0 fully saturated rings. The van der Waals surface area contributed by atoms with Gasteiger partial charge in [-0.3, -0.25) is 9.36 Å². The van der Waals surface area contributed by atoms with E-state index in [0.29, 0.717) is 34.0 Å². The van der Waals surface area contributed by atoms with Crippen molar-refractivity contribution in [1.82, 2.24) is 14.8 Å². The summed E-state index contributed by atoms with van der Waals surface area (Å²) >= 11 is 2.84. The van der Waals surface area contributed by atoms with Crippen molar-refractivity contribution in [2.75, 3.05) is 11.1 Å². The molecule has 0 radical (unpaired) electrons. The molecule has 3 heterocycles. The van der Waals surface area contributed by atoms with Crippen LogP contribution >= 0.6 is 23.1 Å². The molecular weight excluding hydrogens is 430 g/mol. The van der Waals surface area contributed by atoms with Gasteiger partial charge in [0.25, 0.3) is 0 Å². The average Bonchev–Trinajstić information content (AvgIpc) is 3.43. The van der Waals surface area contributed by atoms with Gasteiger partial charge in [-0.1, -0.05) is 24.8 Å². The number of carbonyl (C=O) groups excluding carboxylic acids is 1. The molecule has 0 bridgehead atoms. The lowest BCUT2D eigenvalue weighted by Gasteiger charge is -2.17. The van der Waals surface area contributed by atoms with Gasteiger partial charge >= 0.3 is 0 Å². The van der Waals surface area contributed by atoms with Crippen molar-refractivity contribution in [3.8, 4) is 17.5 Å². The Bertz CT molecular complexity index is 1170. The standard InChI is InChI=1S/C22H23N5O2S2/c1-4-8-27-20(15-7-9-29-14(15)3)25-26-22(27)30-12-19(28)24-21-17(11-23)16-6-5-13(2)10-18(16)31-21/h4,7,9,13H,1,5-6,8,10,12H2,2-3H3,(H,24,28). The normalized spacial score (nSPS) is 15.3. The number of carbonyl (C=O) groups is 1.